The Labute approximate surface area is 126 Å². The van der Waals surface area contributed by atoms with Crippen molar-refractivity contribution in [2.75, 3.05) is 31.6 Å². The molecule has 0 spiro atoms. The van der Waals surface area contributed by atoms with Gasteiger partial charge in [-0.2, -0.15) is 5.26 Å². The Morgan fingerprint density at radius 1 is 1.29 bits per heavy atom. The van der Waals surface area contributed by atoms with Gasteiger partial charge in [0.05, 0.1) is 18.4 Å². The lowest BCUT2D eigenvalue weighted by molar-refractivity contribution is 0.405. The Balaban J connectivity index is 1.61. The molecule has 21 heavy (non-hydrogen) atoms. The van der Waals surface area contributed by atoms with Gasteiger partial charge in [-0.15, -0.1) is 0 Å². The van der Waals surface area contributed by atoms with Gasteiger partial charge in [-0.3, -0.25) is 0 Å². The molecule has 1 N–H and O–H groups in total. The third-order valence-electron chi connectivity index (χ3n) is 4.55. The van der Waals surface area contributed by atoms with E-state index in [2.05, 4.69) is 16.3 Å². The van der Waals surface area contributed by atoms with Crippen LogP contribution in [-0.4, -0.2) is 32.8 Å². The first-order chi connectivity index (χ1) is 10.3. The number of methoxy groups -OCH3 is 1. The first kappa shape index (κ1) is 14.2. The van der Waals surface area contributed by atoms with E-state index in [1.54, 1.807) is 7.11 Å². The number of anilines is 1. The predicted octanol–water partition coefficient (Wildman–Crippen LogP) is 2.54. The van der Waals surface area contributed by atoms with Crippen LogP contribution in [0.3, 0.4) is 0 Å². The van der Waals surface area contributed by atoms with Gasteiger partial charge in [0.15, 0.2) is 0 Å². The van der Waals surface area contributed by atoms with Gasteiger partial charge in [0.25, 0.3) is 0 Å². The standard InChI is InChI=1S/C17H23N3O/c1-21-16-5-4-14(11-18)17(10-16)20-8-6-15(7-9-20)19-12-13-2-3-13/h4-5,10,13,15,19H,2-3,6-9,12H2,1H3. The van der Waals surface area contributed by atoms with Crippen molar-refractivity contribution in [3.05, 3.63) is 23.8 Å². The van der Waals surface area contributed by atoms with Crippen LogP contribution in [0.15, 0.2) is 18.2 Å². The van der Waals surface area contributed by atoms with Crippen molar-refractivity contribution < 1.29 is 4.74 Å². The van der Waals surface area contributed by atoms with Crippen molar-refractivity contribution in [2.45, 2.75) is 31.7 Å². The number of benzene rings is 1. The Hall–Kier alpha value is -1.73. The van der Waals surface area contributed by atoms with Crippen LogP contribution in [0.2, 0.25) is 0 Å². The van der Waals surface area contributed by atoms with E-state index in [1.165, 1.54) is 19.4 Å². The average molecular weight is 285 g/mol. The molecule has 0 atom stereocenters. The number of rotatable bonds is 5. The highest BCUT2D eigenvalue weighted by Gasteiger charge is 2.25. The first-order valence-electron chi connectivity index (χ1n) is 7.86. The van der Waals surface area contributed by atoms with E-state index in [4.69, 9.17) is 4.74 Å². The highest BCUT2D eigenvalue weighted by Crippen LogP contribution is 2.30. The van der Waals surface area contributed by atoms with Gasteiger partial charge in [-0.25, -0.2) is 0 Å². The Morgan fingerprint density at radius 2 is 2.05 bits per heavy atom. The molecule has 4 nitrogen and oxygen atoms in total. The van der Waals surface area contributed by atoms with Crippen molar-refractivity contribution in [2.24, 2.45) is 5.92 Å². The third-order valence-corrected chi connectivity index (χ3v) is 4.55. The van der Waals surface area contributed by atoms with E-state index in [-0.39, 0.29) is 0 Å². The molecule has 1 aliphatic carbocycles. The van der Waals surface area contributed by atoms with Gasteiger partial charge in [0.2, 0.25) is 0 Å². The Morgan fingerprint density at radius 3 is 2.67 bits per heavy atom. The molecule has 1 saturated carbocycles. The molecule has 0 aromatic heterocycles. The van der Waals surface area contributed by atoms with Crippen molar-refractivity contribution >= 4 is 5.69 Å². The lowest BCUT2D eigenvalue weighted by Crippen LogP contribution is -2.43. The molecule has 1 aromatic carbocycles. The number of hydrogen-bond acceptors (Lipinski definition) is 4. The van der Waals surface area contributed by atoms with E-state index >= 15 is 0 Å². The quantitative estimate of drug-likeness (QED) is 0.903. The minimum atomic E-state index is 0.637. The molecular weight excluding hydrogens is 262 g/mol. The number of hydrogen-bond donors (Lipinski definition) is 1. The second-order valence-corrected chi connectivity index (χ2v) is 6.11. The number of piperidine rings is 1. The van der Waals surface area contributed by atoms with E-state index in [1.807, 2.05) is 18.2 Å². The summed E-state index contributed by atoms with van der Waals surface area (Å²) in [5.74, 6) is 1.75. The minimum absolute atomic E-state index is 0.637. The Kier molecular flexibility index (Phi) is 4.31. The van der Waals surface area contributed by atoms with Crippen LogP contribution >= 0.6 is 0 Å². The molecule has 0 bridgehead atoms. The SMILES string of the molecule is COc1ccc(C#N)c(N2CCC(NCC3CC3)CC2)c1. The van der Waals surface area contributed by atoms with Crippen LogP contribution in [0.4, 0.5) is 5.69 Å². The van der Waals surface area contributed by atoms with Crippen LogP contribution in [-0.2, 0) is 0 Å². The summed E-state index contributed by atoms with van der Waals surface area (Å²) in [7, 11) is 1.67. The molecule has 0 unspecified atom stereocenters. The number of ether oxygens (including phenoxy) is 1. The maximum atomic E-state index is 9.29. The van der Waals surface area contributed by atoms with Gasteiger partial charge in [-0.1, -0.05) is 0 Å². The van der Waals surface area contributed by atoms with Crippen molar-refractivity contribution in [3.63, 3.8) is 0 Å². The smallest absolute Gasteiger partial charge is 0.121 e. The summed E-state index contributed by atoms with van der Waals surface area (Å²) < 4.78 is 5.29. The molecule has 0 amide bonds. The molecule has 2 fully saturated rings. The Bertz CT molecular complexity index is 525. The molecule has 2 aliphatic rings. The van der Waals surface area contributed by atoms with E-state index in [0.717, 1.165) is 48.8 Å². The second-order valence-electron chi connectivity index (χ2n) is 6.11. The van der Waals surface area contributed by atoms with Crippen molar-refractivity contribution in [1.82, 2.24) is 5.32 Å². The lowest BCUT2D eigenvalue weighted by atomic mass is 10.0. The minimum Gasteiger partial charge on any atom is -0.497 e. The molecule has 1 aromatic rings. The summed E-state index contributed by atoms with van der Waals surface area (Å²) in [4.78, 5) is 2.32. The second kappa shape index (κ2) is 6.36. The van der Waals surface area contributed by atoms with Gasteiger partial charge in [0, 0.05) is 25.2 Å². The number of nitriles is 1. The van der Waals surface area contributed by atoms with Gasteiger partial charge in [-0.05, 0) is 50.3 Å². The monoisotopic (exact) mass is 285 g/mol. The summed E-state index contributed by atoms with van der Waals surface area (Å²) >= 11 is 0. The van der Waals surface area contributed by atoms with E-state index < -0.39 is 0 Å². The van der Waals surface area contributed by atoms with Crippen LogP contribution in [0.1, 0.15) is 31.2 Å². The van der Waals surface area contributed by atoms with E-state index in [0.29, 0.717) is 6.04 Å². The molecule has 4 heteroatoms. The third kappa shape index (κ3) is 3.48. The van der Waals surface area contributed by atoms with Crippen LogP contribution in [0, 0.1) is 17.2 Å². The topological polar surface area (TPSA) is 48.3 Å². The molecule has 1 heterocycles. The number of nitrogens with zero attached hydrogens (tertiary/aromatic N) is 2. The molecule has 1 aliphatic heterocycles. The zero-order valence-corrected chi connectivity index (χ0v) is 12.6. The van der Waals surface area contributed by atoms with Gasteiger partial charge in [0.1, 0.15) is 11.8 Å². The summed E-state index contributed by atoms with van der Waals surface area (Å²) in [6.45, 7) is 3.20. The maximum Gasteiger partial charge on any atom is 0.121 e. The van der Waals surface area contributed by atoms with E-state index in [9.17, 15) is 5.26 Å². The zero-order valence-electron chi connectivity index (χ0n) is 12.6. The van der Waals surface area contributed by atoms with Crippen molar-refractivity contribution in [1.29, 1.82) is 5.26 Å². The summed E-state index contributed by atoms with van der Waals surface area (Å²) in [6, 6.07) is 8.62. The van der Waals surface area contributed by atoms with Crippen LogP contribution < -0.4 is 15.0 Å². The van der Waals surface area contributed by atoms with Crippen LogP contribution in [0.5, 0.6) is 5.75 Å². The predicted molar refractivity (Wildman–Crippen MR) is 83.7 cm³/mol. The van der Waals surface area contributed by atoms with Gasteiger partial charge < -0.3 is 15.0 Å². The first-order valence-corrected chi connectivity index (χ1v) is 7.86. The fourth-order valence-electron chi connectivity index (χ4n) is 2.97. The summed E-state index contributed by atoms with van der Waals surface area (Å²) in [6.07, 6.45) is 5.10. The maximum absolute atomic E-state index is 9.29. The summed E-state index contributed by atoms with van der Waals surface area (Å²) in [5, 5.41) is 13.0. The molecule has 1 saturated heterocycles. The highest BCUT2D eigenvalue weighted by molar-refractivity contribution is 5.62. The van der Waals surface area contributed by atoms with Crippen LogP contribution in [0.25, 0.3) is 0 Å². The number of nitrogens with one attached hydrogen (secondary N) is 1. The van der Waals surface area contributed by atoms with Gasteiger partial charge >= 0.3 is 0 Å². The molecule has 3 rings (SSSR count). The fraction of sp³-hybridized carbons (Fsp3) is 0.588. The average Bonchev–Trinajstić information content (AvgIpc) is 3.37. The summed E-state index contributed by atoms with van der Waals surface area (Å²) in [5.41, 5.74) is 1.75. The normalized spacial score (nSPS) is 19.3. The zero-order chi connectivity index (χ0) is 14.7. The largest absolute Gasteiger partial charge is 0.497 e. The highest BCUT2D eigenvalue weighted by atomic mass is 16.5. The van der Waals surface area contributed by atoms with Crippen molar-refractivity contribution in [3.8, 4) is 11.8 Å². The molecule has 0 radical (unpaired) electrons. The molecule has 112 valence electrons. The molecular formula is C17H23N3O. The lowest BCUT2D eigenvalue weighted by Gasteiger charge is -2.34. The fourth-order valence-corrected chi connectivity index (χ4v) is 2.97.